The lowest BCUT2D eigenvalue weighted by molar-refractivity contribution is 0.0935. The summed E-state index contributed by atoms with van der Waals surface area (Å²) in [6.07, 6.45) is 5.29. The molecule has 0 aliphatic carbocycles. The summed E-state index contributed by atoms with van der Waals surface area (Å²) >= 11 is 1.29. The number of aryl methyl sites for hydroxylation is 1. The molecular weight excluding hydrogens is 476 g/mol. The van der Waals surface area contributed by atoms with Crippen LogP contribution in [-0.4, -0.2) is 41.0 Å². The summed E-state index contributed by atoms with van der Waals surface area (Å²) in [5, 5.41) is 10.1. The van der Waals surface area contributed by atoms with E-state index >= 15 is 0 Å². The van der Waals surface area contributed by atoms with E-state index in [9.17, 15) is 9.59 Å². The van der Waals surface area contributed by atoms with E-state index in [0.717, 1.165) is 36.9 Å². The van der Waals surface area contributed by atoms with Gasteiger partial charge in [-0.3, -0.25) is 9.69 Å². The van der Waals surface area contributed by atoms with Crippen molar-refractivity contribution in [3.05, 3.63) is 65.3 Å². The van der Waals surface area contributed by atoms with Crippen molar-refractivity contribution < 1.29 is 14.3 Å². The Kier molecular flexibility index (Phi) is 5.74. The van der Waals surface area contributed by atoms with Crippen LogP contribution < -0.4 is 25.6 Å². The van der Waals surface area contributed by atoms with Gasteiger partial charge in [0.15, 0.2) is 0 Å². The third-order valence-corrected chi connectivity index (χ3v) is 7.45. The smallest absolute Gasteiger partial charge is 0.331 e. The molecule has 3 N–H and O–H groups in total. The molecule has 1 atom stereocenters. The summed E-state index contributed by atoms with van der Waals surface area (Å²) in [5.74, 6) is 0.933. The van der Waals surface area contributed by atoms with Crippen LogP contribution in [0.5, 0.6) is 11.6 Å². The Morgan fingerprint density at radius 1 is 1.17 bits per heavy atom. The average molecular weight is 501 g/mol. The lowest BCUT2D eigenvalue weighted by Crippen LogP contribution is -2.45. The number of piperidine rings is 1. The Labute approximate surface area is 211 Å². The Morgan fingerprint density at radius 3 is 2.86 bits per heavy atom. The summed E-state index contributed by atoms with van der Waals surface area (Å²) in [7, 11) is 0. The van der Waals surface area contributed by atoms with Crippen molar-refractivity contribution in [2.24, 2.45) is 0 Å². The van der Waals surface area contributed by atoms with Crippen LogP contribution >= 0.6 is 11.3 Å². The van der Waals surface area contributed by atoms with Crippen LogP contribution in [0, 0.1) is 6.92 Å². The molecule has 4 aromatic rings. The molecule has 6 rings (SSSR count). The van der Waals surface area contributed by atoms with E-state index in [0.29, 0.717) is 38.4 Å². The molecule has 10 heteroatoms. The number of benzene rings is 1. The summed E-state index contributed by atoms with van der Waals surface area (Å²) < 4.78 is 5.85. The molecule has 0 bridgehead atoms. The van der Waals surface area contributed by atoms with Gasteiger partial charge in [-0.25, -0.2) is 14.8 Å². The fourth-order valence-corrected chi connectivity index (χ4v) is 5.70. The first kappa shape index (κ1) is 22.4. The van der Waals surface area contributed by atoms with Crippen LogP contribution in [0.2, 0.25) is 0 Å². The molecule has 5 heterocycles. The highest BCUT2D eigenvalue weighted by molar-refractivity contribution is 7.21. The fraction of sp³-hybridized carbons (Fsp3) is 0.231. The van der Waals surface area contributed by atoms with Gasteiger partial charge >= 0.3 is 6.03 Å². The lowest BCUT2D eigenvalue weighted by atomic mass is 10.1. The van der Waals surface area contributed by atoms with E-state index in [1.807, 2.05) is 43.3 Å². The number of pyridine rings is 2. The lowest BCUT2D eigenvalue weighted by Gasteiger charge is -2.30. The highest BCUT2D eigenvalue weighted by Crippen LogP contribution is 2.46. The third kappa shape index (κ3) is 4.04. The van der Waals surface area contributed by atoms with Crippen molar-refractivity contribution in [1.82, 2.24) is 20.6 Å². The van der Waals surface area contributed by atoms with Gasteiger partial charge in [-0.15, -0.1) is 11.3 Å². The quantitative estimate of drug-likeness (QED) is 0.358. The Bertz CT molecular complexity index is 1470. The Hall–Kier alpha value is -4.02. The van der Waals surface area contributed by atoms with Crippen LogP contribution in [0.1, 0.15) is 28.1 Å². The number of thiophene rings is 1. The molecule has 2 aliphatic heterocycles. The molecular formula is C26H24N6O3S. The van der Waals surface area contributed by atoms with Crippen molar-refractivity contribution >= 4 is 50.6 Å². The molecule has 36 heavy (non-hydrogen) atoms. The predicted octanol–water partition coefficient (Wildman–Crippen LogP) is 4.96. The van der Waals surface area contributed by atoms with Gasteiger partial charge < -0.3 is 20.7 Å². The maximum atomic E-state index is 13.4. The number of hydrogen-bond acceptors (Lipinski definition) is 7. The SMILES string of the molecule is Cc1cc(Oc2ccccn2)ccc1N1C(=O)Nc2c(C(=O)N[C@@H]3CCCNC3)sc3nccc1c23. The predicted molar refractivity (Wildman–Crippen MR) is 140 cm³/mol. The van der Waals surface area contributed by atoms with Gasteiger partial charge in [0.25, 0.3) is 5.91 Å². The minimum absolute atomic E-state index is 0.0707. The van der Waals surface area contributed by atoms with Crippen LogP contribution in [0.3, 0.4) is 0 Å². The van der Waals surface area contributed by atoms with Gasteiger partial charge in [0.05, 0.1) is 22.4 Å². The maximum absolute atomic E-state index is 13.4. The van der Waals surface area contributed by atoms with E-state index in [4.69, 9.17) is 4.74 Å². The molecule has 1 aromatic carbocycles. The first-order valence-electron chi connectivity index (χ1n) is 11.8. The Balaban J connectivity index is 1.34. The molecule has 3 amide bonds. The van der Waals surface area contributed by atoms with Gasteiger partial charge in [0, 0.05) is 31.0 Å². The maximum Gasteiger partial charge on any atom is 0.331 e. The van der Waals surface area contributed by atoms with Crippen LogP contribution in [0.15, 0.2) is 54.9 Å². The largest absolute Gasteiger partial charge is 0.439 e. The normalized spacial score (nSPS) is 17.1. The van der Waals surface area contributed by atoms with Gasteiger partial charge in [-0.1, -0.05) is 6.07 Å². The topological polar surface area (TPSA) is 108 Å². The van der Waals surface area contributed by atoms with E-state index in [1.165, 1.54) is 11.3 Å². The minimum atomic E-state index is -0.330. The molecule has 2 aliphatic rings. The summed E-state index contributed by atoms with van der Waals surface area (Å²) in [6, 6.07) is 12.5. The van der Waals surface area contributed by atoms with Gasteiger partial charge in [0.1, 0.15) is 15.5 Å². The number of aromatic nitrogens is 2. The molecule has 9 nitrogen and oxygen atoms in total. The van der Waals surface area contributed by atoms with Gasteiger partial charge in [-0.2, -0.15) is 0 Å². The number of hydrogen-bond donors (Lipinski definition) is 3. The van der Waals surface area contributed by atoms with Crippen molar-refractivity contribution in [3.63, 3.8) is 0 Å². The van der Waals surface area contributed by atoms with E-state index in [-0.39, 0.29) is 18.0 Å². The number of nitrogens with zero attached hydrogens (tertiary/aromatic N) is 3. The summed E-state index contributed by atoms with van der Waals surface area (Å²) in [5.41, 5.74) is 2.78. The molecule has 182 valence electrons. The van der Waals surface area contributed by atoms with Crippen molar-refractivity contribution in [2.75, 3.05) is 23.3 Å². The van der Waals surface area contributed by atoms with Gasteiger partial charge in [-0.05, 0) is 62.2 Å². The molecule has 0 saturated carbocycles. The summed E-state index contributed by atoms with van der Waals surface area (Å²) in [4.78, 5) is 38.0. The first-order valence-corrected chi connectivity index (χ1v) is 12.6. The van der Waals surface area contributed by atoms with Gasteiger partial charge in [0.2, 0.25) is 5.88 Å². The zero-order chi connectivity index (χ0) is 24.6. The van der Waals surface area contributed by atoms with E-state index in [1.54, 1.807) is 23.4 Å². The molecule has 1 saturated heterocycles. The molecule has 0 radical (unpaired) electrons. The number of anilines is 3. The first-order chi connectivity index (χ1) is 17.6. The minimum Gasteiger partial charge on any atom is -0.439 e. The number of ether oxygens (including phenoxy) is 1. The second-order valence-electron chi connectivity index (χ2n) is 8.82. The van der Waals surface area contributed by atoms with E-state index < -0.39 is 0 Å². The van der Waals surface area contributed by atoms with Crippen molar-refractivity contribution in [1.29, 1.82) is 0 Å². The zero-order valence-electron chi connectivity index (χ0n) is 19.6. The zero-order valence-corrected chi connectivity index (χ0v) is 20.4. The van der Waals surface area contributed by atoms with Crippen LogP contribution in [0.4, 0.5) is 21.9 Å². The second-order valence-corrected chi connectivity index (χ2v) is 9.82. The number of carbonyl (C=O) groups excluding carboxylic acids is 2. The second kappa shape index (κ2) is 9.21. The standard InChI is InChI=1S/C26H24N6O3S/c1-15-13-17(35-20-6-2-3-11-28-20)7-8-18(15)32-19-9-12-29-25-21(19)22(31-26(32)34)23(36-25)24(33)30-16-5-4-10-27-14-16/h2-3,6-9,11-13,16,27H,4-5,10,14H2,1H3,(H,30,33)(H,31,34)/t16-/m1/s1. The molecule has 0 unspecified atom stereocenters. The number of nitrogens with one attached hydrogen (secondary N) is 3. The summed E-state index contributed by atoms with van der Waals surface area (Å²) in [6.45, 7) is 3.64. The Morgan fingerprint density at radius 2 is 2.08 bits per heavy atom. The number of rotatable bonds is 5. The van der Waals surface area contributed by atoms with Crippen molar-refractivity contribution in [3.8, 4) is 11.6 Å². The number of carbonyl (C=O) groups is 2. The van der Waals surface area contributed by atoms with Crippen molar-refractivity contribution in [2.45, 2.75) is 25.8 Å². The molecule has 3 aromatic heterocycles. The number of amides is 3. The molecule has 1 fully saturated rings. The third-order valence-electron chi connectivity index (χ3n) is 6.35. The van der Waals surface area contributed by atoms with E-state index in [2.05, 4.69) is 25.9 Å². The number of urea groups is 1. The molecule has 0 spiro atoms. The van der Waals surface area contributed by atoms with Crippen LogP contribution in [-0.2, 0) is 0 Å². The van der Waals surface area contributed by atoms with Crippen LogP contribution in [0.25, 0.3) is 10.2 Å². The monoisotopic (exact) mass is 500 g/mol. The highest BCUT2D eigenvalue weighted by Gasteiger charge is 2.33. The fourth-order valence-electron chi connectivity index (χ4n) is 4.68. The highest BCUT2D eigenvalue weighted by atomic mass is 32.1. The average Bonchev–Trinajstić information content (AvgIpc) is 3.26.